The van der Waals surface area contributed by atoms with Crippen LogP contribution in [-0.4, -0.2) is 193 Å². The van der Waals surface area contributed by atoms with Gasteiger partial charge in [-0.15, -0.1) is 0 Å². The van der Waals surface area contributed by atoms with Crippen LogP contribution in [0, 0.1) is 0 Å². The van der Waals surface area contributed by atoms with Gasteiger partial charge in [-0.1, -0.05) is 233 Å². The van der Waals surface area contributed by atoms with E-state index >= 15 is 0 Å². The molecule has 3 aliphatic rings. The number of hydrogen-bond acceptors (Lipinski definition) is 18. The Morgan fingerprint density at radius 2 is 0.758 bits per heavy atom. The highest BCUT2D eigenvalue weighted by atomic mass is 16.8. The molecule has 17 atom stereocenters. The van der Waals surface area contributed by atoms with Gasteiger partial charge in [0.25, 0.3) is 0 Å². The molecule has 19 nitrogen and oxygen atoms in total. The Morgan fingerprint density at radius 3 is 1.19 bits per heavy atom. The average molecular weight is 1290 g/mol. The number of aliphatic hydroxyl groups is 11. The minimum Gasteiger partial charge on any atom is -0.394 e. The first-order valence-electron chi connectivity index (χ1n) is 35.0. The van der Waals surface area contributed by atoms with Crippen molar-refractivity contribution in [2.45, 2.75) is 324 Å². The van der Waals surface area contributed by atoms with E-state index in [0.29, 0.717) is 12.8 Å². The molecular formula is C72H123NO18. The lowest BCUT2D eigenvalue weighted by Crippen LogP contribution is -2.66. The Balaban J connectivity index is 1.38. The number of carbonyl (C=O) groups excluding carboxylic acids is 1. The summed E-state index contributed by atoms with van der Waals surface area (Å²) in [6.45, 7) is 1.66. The Kier molecular flexibility index (Phi) is 47.7. The molecule has 3 heterocycles. The van der Waals surface area contributed by atoms with E-state index in [1.165, 1.54) is 70.6 Å². The van der Waals surface area contributed by atoms with Crippen molar-refractivity contribution in [2.75, 3.05) is 26.4 Å². The van der Waals surface area contributed by atoms with E-state index < -0.39 is 124 Å². The highest BCUT2D eigenvalue weighted by Crippen LogP contribution is 2.33. The van der Waals surface area contributed by atoms with E-state index in [2.05, 4.69) is 116 Å². The van der Waals surface area contributed by atoms with Crippen molar-refractivity contribution >= 4 is 5.91 Å². The van der Waals surface area contributed by atoms with Gasteiger partial charge in [0.05, 0.1) is 38.6 Å². The first kappa shape index (κ1) is 81.9. The topological polar surface area (TPSA) is 307 Å². The van der Waals surface area contributed by atoms with Gasteiger partial charge in [0, 0.05) is 6.42 Å². The predicted octanol–water partition coefficient (Wildman–Crippen LogP) is 9.27. The summed E-state index contributed by atoms with van der Waals surface area (Å²) < 4.78 is 34.4. The summed E-state index contributed by atoms with van der Waals surface area (Å²) in [5.74, 6) is -0.256. The smallest absolute Gasteiger partial charge is 0.220 e. The maximum atomic E-state index is 13.4. The fourth-order valence-electron chi connectivity index (χ4n) is 11.3. The van der Waals surface area contributed by atoms with E-state index in [1.54, 1.807) is 0 Å². The SMILES string of the molecule is CC/C=C\C/C=C\C/C=C\C/C=C\C/C=C\C/C=C\C/C=C\C/C=C\CCCCCCCCCCC(=O)NC(COC1OC(CO)C(OC2OC(CO)C(OC3OC(CO)C(O)C(O)C3O)C(O)C2O)C(O)C1O)C(O)CCCCCCCCCCCCCCC. The molecule has 3 aliphatic heterocycles. The first-order valence-corrected chi connectivity index (χ1v) is 35.0. The van der Waals surface area contributed by atoms with E-state index in [1.807, 2.05) is 0 Å². The third-order valence-electron chi connectivity index (χ3n) is 16.9. The van der Waals surface area contributed by atoms with Gasteiger partial charge >= 0.3 is 0 Å². The molecule has 1 amide bonds. The zero-order valence-corrected chi connectivity index (χ0v) is 55.3. The van der Waals surface area contributed by atoms with Crippen molar-refractivity contribution < 1.29 is 89.4 Å². The number of allylic oxidation sites excluding steroid dienone is 16. The van der Waals surface area contributed by atoms with Crippen molar-refractivity contribution in [2.24, 2.45) is 0 Å². The fourth-order valence-corrected chi connectivity index (χ4v) is 11.3. The lowest BCUT2D eigenvalue weighted by Gasteiger charge is -2.48. The van der Waals surface area contributed by atoms with Gasteiger partial charge in [0.1, 0.15) is 73.2 Å². The number of ether oxygens (including phenoxy) is 6. The number of hydrogen-bond donors (Lipinski definition) is 12. The first-order chi connectivity index (χ1) is 44.3. The molecule has 12 N–H and O–H groups in total. The average Bonchev–Trinajstić information content (AvgIpc) is 0.871. The summed E-state index contributed by atoms with van der Waals surface area (Å²) in [6, 6.07) is -0.898. The second kappa shape index (κ2) is 52.9. The zero-order valence-electron chi connectivity index (χ0n) is 55.3. The van der Waals surface area contributed by atoms with Crippen LogP contribution in [0.1, 0.15) is 219 Å². The maximum Gasteiger partial charge on any atom is 0.220 e. The fraction of sp³-hybridized carbons (Fsp3) is 0.764. The highest BCUT2D eigenvalue weighted by molar-refractivity contribution is 5.76. The van der Waals surface area contributed by atoms with Crippen LogP contribution in [0.2, 0.25) is 0 Å². The van der Waals surface area contributed by atoms with E-state index in [-0.39, 0.29) is 18.9 Å². The van der Waals surface area contributed by atoms with Crippen molar-refractivity contribution in [3.05, 3.63) is 97.2 Å². The van der Waals surface area contributed by atoms with Crippen LogP contribution in [-0.2, 0) is 33.2 Å². The number of rotatable bonds is 52. The molecule has 3 rings (SSSR count). The summed E-state index contributed by atoms with van der Waals surface area (Å²) in [7, 11) is 0. The molecule has 0 spiro atoms. The molecule has 0 radical (unpaired) electrons. The minimum atomic E-state index is -1.98. The molecule has 91 heavy (non-hydrogen) atoms. The number of unbranched alkanes of at least 4 members (excludes halogenated alkanes) is 20. The molecule has 0 aromatic heterocycles. The van der Waals surface area contributed by atoms with Crippen LogP contribution in [0.15, 0.2) is 97.2 Å². The third-order valence-corrected chi connectivity index (χ3v) is 16.9. The molecule has 0 aliphatic carbocycles. The Bertz CT molecular complexity index is 2030. The minimum absolute atomic E-state index is 0.250. The van der Waals surface area contributed by atoms with Crippen molar-refractivity contribution in [1.29, 1.82) is 0 Å². The summed E-state index contributed by atoms with van der Waals surface area (Å²) in [6.07, 6.45) is 42.0. The second-order valence-corrected chi connectivity index (χ2v) is 24.6. The molecule has 0 saturated carbocycles. The molecule has 19 heteroatoms. The van der Waals surface area contributed by atoms with Gasteiger partial charge in [0.15, 0.2) is 18.9 Å². The van der Waals surface area contributed by atoms with E-state index in [0.717, 1.165) is 116 Å². The zero-order chi connectivity index (χ0) is 66.1. The van der Waals surface area contributed by atoms with Crippen molar-refractivity contribution in [1.82, 2.24) is 5.32 Å². The summed E-state index contributed by atoms with van der Waals surface area (Å²) >= 11 is 0. The van der Waals surface area contributed by atoms with Crippen molar-refractivity contribution in [3.63, 3.8) is 0 Å². The molecule has 17 unspecified atom stereocenters. The van der Waals surface area contributed by atoms with Gasteiger partial charge < -0.3 is 89.9 Å². The van der Waals surface area contributed by atoms with Crippen molar-refractivity contribution in [3.8, 4) is 0 Å². The number of nitrogens with one attached hydrogen (secondary N) is 1. The molecule has 0 aromatic rings. The van der Waals surface area contributed by atoms with Crippen LogP contribution in [0.5, 0.6) is 0 Å². The summed E-state index contributed by atoms with van der Waals surface area (Å²) in [5, 5.41) is 121. The predicted molar refractivity (Wildman–Crippen MR) is 355 cm³/mol. The standard InChI is InChI=1S/C72H123NO18/c1-3-5-7-9-11-13-15-17-18-19-20-21-22-23-24-25-26-27-28-29-30-31-32-33-34-35-36-38-40-42-44-46-48-50-60(78)73-55(56(77)49-47-45-43-41-39-37-16-14-12-10-8-6-4-2)54-86-70-66(84)63(81)68(58(52-75)88-70)91-72-67(85)64(82)69(59(53-76)89-72)90-71-65(83)62(80)61(79)57(51-74)87-71/h5,7,11,13,17-18,20-21,23-24,26-27,29-30,32-33,55-59,61-72,74-77,79-85H,3-4,6,8-10,12,14-16,19,22,25,28,31,34-54H2,1-2H3,(H,73,78)/b7-5-,13-11-,18-17-,21-20-,24-23-,27-26-,30-29-,33-32-. The van der Waals surface area contributed by atoms with Gasteiger partial charge in [-0.25, -0.2) is 0 Å². The molecule has 3 saturated heterocycles. The van der Waals surface area contributed by atoms with Gasteiger partial charge in [-0.05, 0) is 77.0 Å². The quantitative estimate of drug-likeness (QED) is 0.0199. The Labute approximate surface area is 545 Å². The van der Waals surface area contributed by atoms with Crippen LogP contribution < -0.4 is 5.32 Å². The highest BCUT2D eigenvalue weighted by Gasteiger charge is 2.53. The monoisotopic (exact) mass is 1290 g/mol. The number of aliphatic hydroxyl groups excluding tert-OH is 11. The lowest BCUT2D eigenvalue weighted by molar-refractivity contribution is -0.379. The molecule has 0 aromatic carbocycles. The van der Waals surface area contributed by atoms with Crippen LogP contribution in [0.25, 0.3) is 0 Å². The largest absolute Gasteiger partial charge is 0.394 e. The lowest BCUT2D eigenvalue weighted by atomic mass is 9.96. The van der Waals surface area contributed by atoms with Crippen LogP contribution in [0.4, 0.5) is 0 Å². The van der Waals surface area contributed by atoms with Gasteiger partial charge in [0.2, 0.25) is 5.91 Å². The third kappa shape index (κ3) is 34.8. The molecular weight excluding hydrogens is 1170 g/mol. The number of amides is 1. The van der Waals surface area contributed by atoms with Crippen LogP contribution in [0.3, 0.4) is 0 Å². The van der Waals surface area contributed by atoms with E-state index in [4.69, 9.17) is 28.4 Å². The van der Waals surface area contributed by atoms with Gasteiger partial charge in [-0.3, -0.25) is 4.79 Å². The van der Waals surface area contributed by atoms with Gasteiger partial charge in [-0.2, -0.15) is 0 Å². The maximum absolute atomic E-state index is 13.4. The number of carbonyl (C=O) groups is 1. The molecule has 0 bridgehead atoms. The Hall–Kier alpha value is -3.29. The normalized spacial score (nSPS) is 28.5. The van der Waals surface area contributed by atoms with E-state index in [9.17, 15) is 61.0 Å². The Morgan fingerprint density at radius 1 is 0.407 bits per heavy atom. The molecule has 3 fully saturated rings. The summed E-state index contributed by atoms with van der Waals surface area (Å²) in [4.78, 5) is 13.4. The summed E-state index contributed by atoms with van der Waals surface area (Å²) in [5.41, 5.74) is 0. The van der Waals surface area contributed by atoms with Crippen LogP contribution >= 0.6 is 0 Å². The second-order valence-electron chi connectivity index (χ2n) is 24.6. The molecule has 524 valence electrons.